The average molecular weight is 385 g/mol. The standard InChI is InChI=1S/C14H14BrFN4O3/c1-2-19(6-9-5-10(15)3-4-11(9)16)13(21)8-20-7-12(14(22)23)17-18-20/h3-5,7H,2,6,8H2,1H3,(H,22,23). The molecule has 0 bridgehead atoms. The summed E-state index contributed by atoms with van der Waals surface area (Å²) in [4.78, 5) is 24.5. The number of likely N-dealkylation sites (N-methyl/N-ethyl adjacent to an activating group) is 1. The highest BCUT2D eigenvalue weighted by Crippen LogP contribution is 2.17. The number of aromatic nitrogens is 3. The van der Waals surface area contributed by atoms with Crippen LogP contribution in [-0.4, -0.2) is 43.4 Å². The summed E-state index contributed by atoms with van der Waals surface area (Å²) in [5, 5.41) is 15.8. The Labute approximate surface area is 139 Å². The molecule has 0 saturated carbocycles. The molecule has 0 unspecified atom stereocenters. The molecule has 2 aromatic rings. The lowest BCUT2D eigenvalue weighted by molar-refractivity contribution is -0.132. The Balaban J connectivity index is 2.08. The number of nitrogens with zero attached hydrogens (tertiary/aromatic N) is 4. The van der Waals surface area contributed by atoms with Crippen LogP contribution in [0.25, 0.3) is 0 Å². The van der Waals surface area contributed by atoms with E-state index in [-0.39, 0.29) is 24.7 Å². The Morgan fingerprint density at radius 2 is 2.17 bits per heavy atom. The van der Waals surface area contributed by atoms with E-state index < -0.39 is 11.8 Å². The van der Waals surface area contributed by atoms with Crippen molar-refractivity contribution < 1.29 is 19.1 Å². The second-order valence-corrected chi connectivity index (χ2v) is 5.67. The molecule has 7 nitrogen and oxygen atoms in total. The molecule has 0 spiro atoms. The van der Waals surface area contributed by atoms with Gasteiger partial charge in [-0.25, -0.2) is 13.9 Å². The van der Waals surface area contributed by atoms with Gasteiger partial charge in [0.1, 0.15) is 12.4 Å². The number of rotatable bonds is 6. The Morgan fingerprint density at radius 1 is 1.43 bits per heavy atom. The van der Waals surface area contributed by atoms with E-state index in [0.29, 0.717) is 12.1 Å². The summed E-state index contributed by atoms with van der Waals surface area (Å²) < 4.78 is 15.7. The van der Waals surface area contributed by atoms with Crippen molar-refractivity contribution >= 4 is 27.8 Å². The zero-order valence-corrected chi connectivity index (χ0v) is 13.8. The number of carboxylic acid groups (broad SMARTS) is 1. The molecular formula is C14H14BrFN4O3. The fourth-order valence-corrected chi connectivity index (χ4v) is 2.37. The molecule has 1 aromatic heterocycles. The molecule has 2 rings (SSSR count). The maximum Gasteiger partial charge on any atom is 0.358 e. The van der Waals surface area contributed by atoms with Crippen molar-refractivity contribution in [1.82, 2.24) is 19.9 Å². The quantitative estimate of drug-likeness (QED) is 0.821. The summed E-state index contributed by atoms with van der Waals surface area (Å²) in [6, 6.07) is 4.53. The molecule has 0 aliphatic carbocycles. The summed E-state index contributed by atoms with van der Waals surface area (Å²) in [6.45, 7) is 2.11. The van der Waals surface area contributed by atoms with E-state index in [2.05, 4.69) is 26.2 Å². The van der Waals surface area contributed by atoms with Gasteiger partial charge in [0.2, 0.25) is 5.91 Å². The highest BCUT2D eigenvalue weighted by atomic mass is 79.9. The van der Waals surface area contributed by atoms with Gasteiger partial charge < -0.3 is 10.0 Å². The average Bonchev–Trinajstić information content (AvgIpc) is 2.96. The normalized spacial score (nSPS) is 10.6. The molecule has 0 saturated heterocycles. The number of carboxylic acids is 1. The lowest BCUT2D eigenvalue weighted by Gasteiger charge is -2.21. The molecule has 1 amide bonds. The van der Waals surface area contributed by atoms with Crippen LogP contribution in [0.1, 0.15) is 23.0 Å². The fourth-order valence-electron chi connectivity index (χ4n) is 1.96. The van der Waals surface area contributed by atoms with Gasteiger partial charge in [-0.1, -0.05) is 21.1 Å². The first kappa shape index (κ1) is 17.1. The predicted octanol–water partition coefficient (Wildman–Crippen LogP) is 1.93. The van der Waals surface area contributed by atoms with Crippen molar-refractivity contribution in [2.45, 2.75) is 20.0 Å². The van der Waals surface area contributed by atoms with E-state index >= 15 is 0 Å². The van der Waals surface area contributed by atoms with Gasteiger partial charge >= 0.3 is 5.97 Å². The van der Waals surface area contributed by atoms with Crippen LogP contribution in [0, 0.1) is 5.82 Å². The van der Waals surface area contributed by atoms with Crippen molar-refractivity contribution in [3.8, 4) is 0 Å². The number of halogens is 2. The summed E-state index contributed by atoms with van der Waals surface area (Å²) in [5.41, 5.74) is 0.151. The van der Waals surface area contributed by atoms with Gasteiger partial charge in [-0.3, -0.25) is 4.79 Å². The Morgan fingerprint density at radius 3 is 2.78 bits per heavy atom. The van der Waals surface area contributed by atoms with Crippen LogP contribution < -0.4 is 0 Å². The summed E-state index contributed by atoms with van der Waals surface area (Å²) >= 11 is 3.27. The highest BCUT2D eigenvalue weighted by Gasteiger charge is 2.17. The van der Waals surface area contributed by atoms with Crippen molar-refractivity contribution in [3.63, 3.8) is 0 Å². The van der Waals surface area contributed by atoms with Gasteiger partial charge in [-0.2, -0.15) is 0 Å². The maximum absolute atomic E-state index is 13.8. The van der Waals surface area contributed by atoms with Crippen LogP contribution >= 0.6 is 15.9 Å². The molecule has 0 atom stereocenters. The SMILES string of the molecule is CCN(Cc1cc(Br)ccc1F)C(=O)Cn1cc(C(=O)O)nn1. The number of amides is 1. The third-order valence-corrected chi connectivity index (χ3v) is 3.65. The van der Waals surface area contributed by atoms with Gasteiger partial charge in [0.25, 0.3) is 0 Å². The van der Waals surface area contributed by atoms with E-state index in [1.54, 1.807) is 19.1 Å². The van der Waals surface area contributed by atoms with Crippen molar-refractivity contribution in [2.75, 3.05) is 6.54 Å². The van der Waals surface area contributed by atoms with Crippen LogP contribution in [-0.2, 0) is 17.9 Å². The topological polar surface area (TPSA) is 88.3 Å². The largest absolute Gasteiger partial charge is 0.476 e. The van der Waals surface area contributed by atoms with E-state index in [1.165, 1.54) is 17.2 Å². The van der Waals surface area contributed by atoms with Crippen LogP contribution in [0.5, 0.6) is 0 Å². The van der Waals surface area contributed by atoms with Crippen molar-refractivity contribution in [2.24, 2.45) is 0 Å². The van der Waals surface area contributed by atoms with Gasteiger partial charge in [0, 0.05) is 23.1 Å². The first-order valence-electron chi connectivity index (χ1n) is 6.75. The summed E-state index contributed by atoms with van der Waals surface area (Å²) in [7, 11) is 0. The van der Waals surface area contributed by atoms with Crippen LogP contribution in [0.4, 0.5) is 4.39 Å². The molecule has 9 heteroatoms. The number of hydrogen-bond acceptors (Lipinski definition) is 4. The molecule has 0 fully saturated rings. The first-order chi connectivity index (χ1) is 10.9. The monoisotopic (exact) mass is 384 g/mol. The third kappa shape index (κ3) is 4.35. The lowest BCUT2D eigenvalue weighted by atomic mass is 10.2. The molecule has 122 valence electrons. The number of aromatic carboxylic acids is 1. The zero-order chi connectivity index (χ0) is 17.0. The van der Waals surface area contributed by atoms with E-state index in [4.69, 9.17) is 5.11 Å². The van der Waals surface area contributed by atoms with Crippen LogP contribution in [0.15, 0.2) is 28.9 Å². The fraction of sp³-hybridized carbons (Fsp3) is 0.286. The van der Waals surface area contributed by atoms with E-state index in [9.17, 15) is 14.0 Å². The molecular weight excluding hydrogens is 371 g/mol. The predicted molar refractivity (Wildman–Crippen MR) is 82.2 cm³/mol. The minimum atomic E-state index is -1.22. The first-order valence-corrected chi connectivity index (χ1v) is 7.55. The smallest absolute Gasteiger partial charge is 0.358 e. The Hall–Kier alpha value is -2.29. The summed E-state index contributed by atoms with van der Waals surface area (Å²) in [5.74, 6) is -1.92. The van der Waals surface area contributed by atoms with Crippen LogP contribution in [0.2, 0.25) is 0 Å². The molecule has 0 radical (unpaired) electrons. The Bertz CT molecular complexity index is 735. The number of carbonyl (C=O) groups is 2. The highest BCUT2D eigenvalue weighted by molar-refractivity contribution is 9.10. The number of carbonyl (C=O) groups excluding carboxylic acids is 1. The number of hydrogen-bond donors (Lipinski definition) is 1. The molecule has 0 aliphatic heterocycles. The molecule has 1 N–H and O–H groups in total. The zero-order valence-electron chi connectivity index (χ0n) is 12.2. The van der Waals surface area contributed by atoms with Gasteiger partial charge in [0.15, 0.2) is 5.69 Å². The third-order valence-electron chi connectivity index (χ3n) is 3.16. The second kappa shape index (κ2) is 7.32. The lowest BCUT2D eigenvalue weighted by Crippen LogP contribution is -2.33. The molecule has 1 aromatic carbocycles. The van der Waals surface area contributed by atoms with Crippen molar-refractivity contribution in [1.29, 1.82) is 0 Å². The molecule has 0 aliphatic rings. The summed E-state index contributed by atoms with van der Waals surface area (Å²) in [6.07, 6.45) is 1.17. The molecule has 23 heavy (non-hydrogen) atoms. The minimum absolute atomic E-state index is 0.112. The maximum atomic E-state index is 13.8. The van der Waals surface area contributed by atoms with Gasteiger partial charge in [-0.15, -0.1) is 5.10 Å². The van der Waals surface area contributed by atoms with Crippen LogP contribution in [0.3, 0.4) is 0 Å². The van der Waals surface area contributed by atoms with Gasteiger partial charge in [0.05, 0.1) is 6.20 Å². The second-order valence-electron chi connectivity index (χ2n) is 4.75. The molecule has 1 heterocycles. The number of benzene rings is 1. The minimum Gasteiger partial charge on any atom is -0.476 e. The van der Waals surface area contributed by atoms with Gasteiger partial charge in [-0.05, 0) is 25.1 Å². The van der Waals surface area contributed by atoms with E-state index in [1.807, 2.05) is 0 Å². The van der Waals surface area contributed by atoms with E-state index in [0.717, 1.165) is 9.15 Å². The van der Waals surface area contributed by atoms with Crippen molar-refractivity contribution in [3.05, 3.63) is 45.9 Å². The Kier molecular flexibility index (Phi) is 5.43.